The summed E-state index contributed by atoms with van der Waals surface area (Å²) in [5, 5.41) is 13.1. The lowest BCUT2D eigenvalue weighted by atomic mass is 9.77. The number of carbonyl (C=O) groups is 3. The second-order valence-electron chi connectivity index (χ2n) is 10.1. The topological polar surface area (TPSA) is 99.2 Å². The third kappa shape index (κ3) is 5.28. The predicted octanol–water partition coefficient (Wildman–Crippen LogP) is 2.79. The SMILES string of the molecule is Cl.O=C(O)C1CCCCC1C(=O)N1CCc2cccc(OC3CCNC3)c2[C@H]1CN1CCCC1=O. The Hall–Kier alpha value is -2.32. The fourth-order valence-electron chi connectivity index (χ4n) is 6.24. The van der Waals surface area contributed by atoms with Gasteiger partial charge in [0.15, 0.2) is 0 Å². The molecule has 4 aliphatic rings. The van der Waals surface area contributed by atoms with Crippen LogP contribution in [0.2, 0.25) is 0 Å². The standard InChI is InChI=1S/C26H35N3O5.ClH/c30-23-9-4-13-28(23)16-21-24-17(5-3-8-22(24)34-18-10-12-27-15-18)11-14-29(21)25(31)19-6-1-2-7-20(19)26(32)33;/h3,5,8,18-21,27H,1-2,4,6-7,9-16H2,(H,32,33);1H/t18?,19?,20?,21-;/m1./s1. The maximum Gasteiger partial charge on any atom is 0.307 e. The molecule has 9 heteroatoms. The van der Waals surface area contributed by atoms with Crippen LogP contribution in [0.5, 0.6) is 5.75 Å². The van der Waals surface area contributed by atoms with Crippen LogP contribution >= 0.6 is 12.4 Å². The van der Waals surface area contributed by atoms with Gasteiger partial charge in [-0.3, -0.25) is 14.4 Å². The van der Waals surface area contributed by atoms with Crippen molar-refractivity contribution in [2.75, 3.05) is 32.7 Å². The Morgan fingerprint density at radius 1 is 1.06 bits per heavy atom. The molecule has 0 aromatic heterocycles. The molecule has 0 spiro atoms. The van der Waals surface area contributed by atoms with Gasteiger partial charge < -0.3 is 25.0 Å². The van der Waals surface area contributed by atoms with Crippen LogP contribution in [-0.4, -0.2) is 71.5 Å². The Bertz CT molecular complexity index is 951. The second-order valence-corrected chi connectivity index (χ2v) is 10.1. The van der Waals surface area contributed by atoms with Gasteiger partial charge in [-0.05, 0) is 50.3 Å². The van der Waals surface area contributed by atoms with Gasteiger partial charge in [0.05, 0.1) is 17.9 Å². The Morgan fingerprint density at radius 2 is 1.86 bits per heavy atom. The lowest BCUT2D eigenvalue weighted by Crippen LogP contribution is -2.50. The molecule has 0 bridgehead atoms. The zero-order chi connectivity index (χ0) is 23.7. The minimum absolute atomic E-state index is 0. The Labute approximate surface area is 212 Å². The number of carbonyl (C=O) groups excluding carboxylic acids is 2. The molecule has 3 fully saturated rings. The lowest BCUT2D eigenvalue weighted by molar-refractivity contribution is -0.154. The van der Waals surface area contributed by atoms with Crippen LogP contribution in [0.25, 0.3) is 0 Å². The molecule has 3 unspecified atom stereocenters. The van der Waals surface area contributed by atoms with E-state index in [1.54, 1.807) is 0 Å². The molecule has 1 aromatic rings. The number of hydrogen-bond donors (Lipinski definition) is 2. The number of fused-ring (bicyclic) bond motifs is 1. The van der Waals surface area contributed by atoms with Gasteiger partial charge in [0, 0.05) is 38.2 Å². The number of ether oxygens (including phenoxy) is 1. The summed E-state index contributed by atoms with van der Waals surface area (Å²) in [6.07, 6.45) is 5.99. The highest BCUT2D eigenvalue weighted by Crippen LogP contribution is 2.41. The largest absolute Gasteiger partial charge is 0.489 e. The van der Waals surface area contributed by atoms with Crippen molar-refractivity contribution in [3.8, 4) is 5.75 Å². The van der Waals surface area contributed by atoms with Crippen LogP contribution in [-0.2, 0) is 20.8 Å². The number of nitrogens with one attached hydrogen (secondary N) is 1. The number of hydrogen-bond acceptors (Lipinski definition) is 5. The van der Waals surface area contributed by atoms with Crippen LogP contribution in [0.3, 0.4) is 0 Å². The fourth-order valence-corrected chi connectivity index (χ4v) is 6.24. The second kappa shape index (κ2) is 11.2. The van der Waals surface area contributed by atoms with Crippen LogP contribution in [0.4, 0.5) is 0 Å². The average Bonchev–Trinajstić information content (AvgIpc) is 3.50. The molecule has 2 N–H and O–H groups in total. The normalized spacial score (nSPS) is 28.4. The van der Waals surface area contributed by atoms with Crippen LogP contribution in [0.1, 0.15) is 62.1 Å². The summed E-state index contributed by atoms with van der Waals surface area (Å²) in [4.78, 5) is 42.1. The minimum Gasteiger partial charge on any atom is -0.489 e. The fraction of sp³-hybridized carbons (Fsp3) is 0.654. The molecule has 4 atom stereocenters. The Balaban J connectivity index is 0.00000289. The minimum atomic E-state index is -0.875. The van der Waals surface area contributed by atoms with Gasteiger partial charge in [0.2, 0.25) is 11.8 Å². The van der Waals surface area contributed by atoms with Crippen molar-refractivity contribution in [2.24, 2.45) is 11.8 Å². The maximum absolute atomic E-state index is 13.9. The van der Waals surface area contributed by atoms with Crippen molar-refractivity contribution >= 4 is 30.2 Å². The summed E-state index contributed by atoms with van der Waals surface area (Å²) < 4.78 is 6.43. The van der Waals surface area contributed by atoms with Crippen LogP contribution in [0, 0.1) is 11.8 Å². The number of aliphatic carboxylic acids is 1. The molecular formula is C26H36ClN3O5. The van der Waals surface area contributed by atoms with Gasteiger partial charge in [0.25, 0.3) is 0 Å². The molecule has 0 radical (unpaired) electrons. The van der Waals surface area contributed by atoms with E-state index in [1.807, 2.05) is 21.9 Å². The number of carboxylic acids is 1. The Morgan fingerprint density at radius 3 is 2.54 bits per heavy atom. The third-order valence-corrected chi connectivity index (χ3v) is 8.04. The number of amides is 2. The van der Waals surface area contributed by atoms with Gasteiger partial charge in [-0.25, -0.2) is 0 Å². The van der Waals surface area contributed by atoms with Crippen molar-refractivity contribution in [1.82, 2.24) is 15.1 Å². The van der Waals surface area contributed by atoms with E-state index in [9.17, 15) is 19.5 Å². The maximum atomic E-state index is 13.9. The first-order valence-corrected chi connectivity index (χ1v) is 12.8. The average molecular weight is 506 g/mol. The van der Waals surface area contributed by atoms with Crippen LogP contribution < -0.4 is 10.1 Å². The van der Waals surface area contributed by atoms with Gasteiger partial charge in [-0.2, -0.15) is 0 Å². The summed E-state index contributed by atoms with van der Waals surface area (Å²) in [5.74, 6) is -1.17. The highest BCUT2D eigenvalue weighted by atomic mass is 35.5. The molecule has 35 heavy (non-hydrogen) atoms. The summed E-state index contributed by atoms with van der Waals surface area (Å²) in [7, 11) is 0. The zero-order valence-corrected chi connectivity index (χ0v) is 20.9. The van der Waals surface area contributed by atoms with E-state index in [0.717, 1.165) is 55.6 Å². The van der Waals surface area contributed by atoms with E-state index >= 15 is 0 Å². The number of carboxylic acid groups (broad SMARTS) is 1. The molecule has 3 heterocycles. The highest BCUT2D eigenvalue weighted by Gasteiger charge is 2.43. The van der Waals surface area contributed by atoms with Crippen LogP contribution in [0.15, 0.2) is 18.2 Å². The summed E-state index contributed by atoms with van der Waals surface area (Å²) in [6.45, 7) is 3.39. The molecular weight excluding hydrogens is 470 g/mol. The first-order chi connectivity index (χ1) is 16.5. The molecule has 8 nitrogen and oxygen atoms in total. The van der Waals surface area contributed by atoms with Crippen molar-refractivity contribution in [2.45, 2.75) is 63.5 Å². The first-order valence-electron chi connectivity index (χ1n) is 12.8. The number of halogens is 1. The van der Waals surface area contributed by atoms with E-state index in [0.29, 0.717) is 45.3 Å². The van der Waals surface area contributed by atoms with E-state index in [1.165, 1.54) is 0 Å². The zero-order valence-electron chi connectivity index (χ0n) is 20.1. The lowest BCUT2D eigenvalue weighted by Gasteiger charge is -2.43. The summed E-state index contributed by atoms with van der Waals surface area (Å²) in [5.41, 5.74) is 2.15. The molecule has 1 aromatic carbocycles. The quantitative estimate of drug-likeness (QED) is 0.616. The molecule has 3 aliphatic heterocycles. The molecule has 1 saturated carbocycles. The van der Waals surface area contributed by atoms with Crippen molar-refractivity contribution < 1.29 is 24.2 Å². The molecule has 192 valence electrons. The Kier molecular flexibility index (Phi) is 8.22. The van der Waals surface area contributed by atoms with Gasteiger partial charge in [-0.15, -0.1) is 12.4 Å². The van der Waals surface area contributed by atoms with Gasteiger partial charge >= 0.3 is 5.97 Å². The molecule has 5 rings (SSSR count). The monoisotopic (exact) mass is 505 g/mol. The number of rotatable bonds is 6. The third-order valence-electron chi connectivity index (χ3n) is 8.04. The smallest absolute Gasteiger partial charge is 0.307 e. The van der Waals surface area contributed by atoms with E-state index in [2.05, 4.69) is 11.4 Å². The molecule has 2 amide bonds. The summed E-state index contributed by atoms with van der Waals surface area (Å²) >= 11 is 0. The van der Waals surface area contributed by atoms with E-state index in [-0.39, 0.29) is 36.4 Å². The number of likely N-dealkylation sites (tertiary alicyclic amines) is 1. The summed E-state index contributed by atoms with van der Waals surface area (Å²) in [6, 6.07) is 5.76. The van der Waals surface area contributed by atoms with Gasteiger partial charge in [0.1, 0.15) is 11.9 Å². The molecule has 1 aliphatic carbocycles. The first kappa shape index (κ1) is 25.8. The number of nitrogens with zero attached hydrogens (tertiary/aromatic N) is 2. The highest BCUT2D eigenvalue weighted by molar-refractivity contribution is 5.86. The van der Waals surface area contributed by atoms with Crippen molar-refractivity contribution in [3.05, 3.63) is 29.3 Å². The van der Waals surface area contributed by atoms with E-state index < -0.39 is 17.8 Å². The van der Waals surface area contributed by atoms with Crippen molar-refractivity contribution in [3.63, 3.8) is 0 Å². The van der Waals surface area contributed by atoms with Gasteiger partial charge in [-0.1, -0.05) is 25.0 Å². The predicted molar refractivity (Wildman–Crippen MR) is 133 cm³/mol. The number of benzene rings is 1. The van der Waals surface area contributed by atoms with Crippen molar-refractivity contribution in [1.29, 1.82) is 0 Å². The van der Waals surface area contributed by atoms with E-state index in [4.69, 9.17) is 4.74 Å². The molecule has 2 saturated heterocycles.